The van der Waals surface area contributed by atoms with Crippen molar-refractivity contribution in [1.29, 1.82) is 0 Å². The van der Waals surface area contributed by atoms with E-state index in [0.29, 0.717) is 6.61 Å². The van der Waals surface area contributed by atoms with Crippen molar-refractivity contribution in [3.8, 4) is 0 Å². The summed E-state index contributed by atoms with van der Waals surface area (Å²) < 4.78 is 0. The summed E-state index contributed by atoms with van der Waals surface area (Å²) in [6.07, 6.45) is 1.81. The molecule has 0 spiro atoms. The van der Waals surface area contributed by atoms with Crippen molar-refractivity contribution in [1.82, 2.24) is 5.59 Å². The molecule has 0 fully saturated rings. The Balaban J connectivity index is 2.31. The Morgan fingerprint density at radius 1 is 1.29 bits per heavy atom. The van der Waals surface area contributed by atoms with Crippen LogP contribution in [0.5, 0.6) is 0 Å². The third-order valence-electron chi connectivity index (χ3n) is 1.91. The van der Waals surface area contributed by atoms with Crippen LogP contribution in [0.3, 0.4) is 0 Å². The zero-order valence-electron chi connectivity index (χ0n) is 10.6. The van der Waals surface area contributed by atoms with E-state index in [2.05, 4.69) is 22.5 Å². The van der Waals surface area contributed by atoms with Gasteiger partial charge in [0, 0.05) is 0 Å². The lowest BCUT2D eigenvalue weighted by Gasteiger charge is -2.09. The SMILES string of the molecule is C=Cc1ccc(CONN=NC(C)(C)C)cc1. The van der Waals surface area contributed by atoms with Crippen LogP contribution in [0.2, 0.25) is 0 Å². The third kappa shape index (κ3) is 5.82. The van der Waals surface area contributed by atoms with E-state index in [1.54, 1.807) is 6.08 Å². The molecular formula is C13H19N3O. The second kappa shape index (κ2) is 6.15. The lowest BCUT2D eigenvalue weighted by atomic mass is 10.1. The number of hydrogen-bond acceptors (Lipinski definition) is 3. The van der Waals surface area contributed by atoms with E-state index in [0.717, 1.165) is 11.1 Å². The molecule has 1 rings (SSSR count). The van der Waals surface area contributed by atoms with Crippen LogP contribution in [0.1, 0.15) is 31.9 Å². The average Bonchev–Trinajstić information content (AvgIpc) is 2.28. The fourth-order valence-electron chi connectivity index (χ4n) is 1.06. The van der Waals surface area contributed by atoms with Gasteiger partial charge in [-0.15, -0.1) is 0 Å². The molecule has 4 nitrogen and oxygen atoms in total. The summed E-state index contributed by atoms with van der Waals surface area (Å²) in [5.41, 5.74) is 4.42. The third-order valence-corrected chi connectivity index (χ3v) is 1.91. The molecule has 0 amide bonds. The number of nitrogens with one attached hydrogen (secondary N) is 1. The largest absolute Gasteiger partial charge is 0.253 e. The van der Waals surface area contributed by atoms with Gasteiger partial charge in [-0.25, -0.2) is 0 Å². The van der Waals surface area contributed by atoms with Gasteiger partial charge >= 0.3 is 0 Å². The molecule has 1 aromatic rings. The Hall–Kier alpha value is -1.68. The van der Waals surface area contributed by atoms with Gasteiger partial charge in [-0.1, -0.05) is 42.1 Å². The highest BCUT2D eigenvalue weighted by atomic mass is 16.7. The van der Waals surface area contributed by atoms with E-state index in [1.807, 2.05) is 45.0 Å². The lowest BCUT2D eigenvalue weighted by molar-refractivity contribution is 0.0225. The van der Waals surface area contributed by atoms with Crippen LogP contribution in [-0.2, 0) is 11.4 Å². The van der Waals surface area contributed by atoms with Gasteiger partial charge in [0.25, 0.3) is 0 Å². The standard InChI is InChI=1S/C13H19N3O/c1-5-11-6-8-12(9-7-11)10-17-16-15-14-13(2,3)4/h5-9H,1,10H2,2-4H3,(H,14,16). The predicted octanol–water partition coefficient (Wildman–Crippen LogP) is 3.52. The first-order valence-corrected chi connectivity index (χ1v) is 5.51. The molecule has 0 atom stereocenters. The Labute approximate surface area is 102 Å². The molecule has 0 aromatic heterocycles. The zero-order valence-corrected chi connectivity index (χ0v) is 10.6. The van der Waals surface area contributed by atoms with Crippen LogP contribution < -0.4 is 5.59 Å². The topological polar surface area (TPSA) is 46.0 Å². The van der Waals surface area contributed by atoms with Gasteiger partial charge in [-0.2, -0.15) is 10.7 Å². The highest BCUT2D eigenvalue weighted by Gasteiger charge is 2.05. The first-order valence-electron chi connectivity index (χ1n) is 5.51. The second-order valence-electron chi connectivity index (χ2n) is 4.70. The number of hydrogen-bond donors (Lipinski definition) is 1. The minimum Gasteiger partial charge on any atom is -0.253 e. The van der Waals surface area contributed by atoms with E-state index >= 15 is 0 Å². The van der Waals surface area contributed by atoms with Crippen LogP contribution in [0.25, 0.3) is 6.08 Å². The highest BCUT2D eigenvalue weighted by Crippen LogP contribution is 2.07. The van der Waals surface area contributed by atoms with Crippen molar-refractivity contribution in [2.24, 2.45) is 10.3 Å². The maximum atomic E-state index is 5.15. The van der Waals surface area contributed by atoms with E-state index in [9.17, 15) is 0 Å². The Kier molecular flexibility index (Phi) is 4.84. The van der Waals surface area contributed by atoms with E-state index in [1.165, 1.54) is 0 Å². The van der Waals surface area contributed by atoms with Crippen LogP contribution in [0.4, 0.5) is 0 Å². The molecule has 0 saturated heterocycles. The van der Waals surface area contributed by atoms with Crippen molar-refractivity contribution < 1.29 is 4.84 Å². The molecule has 0 aliphatic rings. The summed E-state index contributed by atoms with van der Waals surface area (Å²) in [4.78, 5) is 5.15. The Bertz CT molecular complexity index is 377. The van der Waals surface area contributed by atoms with Gasteiger partial charge in [0.2, 0.25) is 0 Å². The van der Waals surface area contributed by atoms with Crippen LogP contribution >= 0.6 is 0 Å². The summed E-state index contributed by atoms with van der Waals surface area (Å²) in [6, 6.07) is 7.95. The van der Waals surface area contributed by atoms with E-state index < -0.39 is 0 Å². The van der Waals surface area contributed by atoms with Gasteiger partial charge in [0.05, 0.1) is 5.54 Å². The highest BCUT2D eigenvalue weighted by molar-refractivity contribution is 5.47. The molecule has 0 heterocycles. The smallest absolute Gasteiger partial charge is 0.102 e. The summed E-state index contributed by atoms with van der Waals surface area (Å²) in [7, 11) is 0. The van der Waals surface area contributed by atoms with Gasteiger partial charge in [-0.05, 0) is 31.9 Å². The molecule has 4 heteroatoms. The first-order chi connectivity index (χ1) is 8.01. The maximum absolute atomic E-state index is 5.15. The number of rotatable bonds is 5. The molecule has 0 aliphatic heterocycles. The molecule has 0 unspecified atom stereocenters. The minimum atomic E-state index is -0.192. The average molecular weight is 233 g/mol. The molecule has 0 radical (unpaired) electrons. The zero-order chi connectivity index (χ0) is 12.7. The molecule has 17 heavy (non-hydrogen) atoms. The fourth-order valence-corrected chi connectivity index (χ4v) is 1.06. The number of nitrogens with zero attached hydrogens (tertiary/aromatic N) is 2. The quantitative estimate of drug-likeness (QED) is 0.480. The van der Waals surface area contributed by atoms with Crippen molar-refractivity contribution in [2.75, 3.05) is 0 Å². The molecule has 1 aromatic carbocycles. The van der Waals surface area contributed by atoms with Crippen molar-refractivity contribution in [3.05, 3.63) is 42.0 Å². The normalized spacial score (nSPS) is 11.7. The first kappa shape index (κ1) is 13.4. The monoisotopic (exact) mass is 233 g/mol. The van der Waals surface area contributed by atoms with Crippen LogP contribution in [0, 0.1) is 0 Å². The molecule has 1 N–H and O–H groups in total. The van der Waals surface area contributed by atoms with Crippen LogP contribution in [0.15, 0.2) is 41.2 Å². The Morgan fingerprint density at radius 2 is 1.94 bits per heavy atom. The molecule has 0 saturated carbocycles. The lowest BCUT2D eigenvalue weighted by Crippen LogP contribution is -2.12. The summed E-state index contributed by atoms with van der Waals surface area (Å²) >= 11 is 0. The molecule has 92 valence electrons. The van der Waals surface area contributed by atoms with Gasteiger partial charge in [-0.3, -0.25) is 4.84 Å². The second-order valence-corrected chi connectivity index (χ2v) is 4.70. The molecular weight excluding hydrogens is 214 g/mol. The summed E-state index contributed by atoms with van der Waals surface area (Å²) in [5, 5.41) is 7.72. The van der Waals surface area contributed by atoms with E-state index in [-0.39, 0.29) is 5.54 Å². The Morgan fingerprint density at radius 3 is 2.47 bits per heavy atom. The summed E-state index contributed by atoms with van der Waals surface area (Å²) in [6.45, 7) is 10.0. The van der Waals surface area contributed by atoms with Crippen molar-refractivity contribution in [3.63, 3.8) is 0 Å². The maximum Gasteiger partial charge on any atom is 0.102 e. The molecule has 0 aliphatic carbocycles. The fraction of sp³-hybridized carbons (Fsp3) is 0.385. The van der Waals surface area contributed by atoms with Gasteiger partial charge in [0.1, 0.15) is 6.61 Å². The van der Waals surface area contributed by atoms with Crippen molar-refractivity contribution >= 4 is 6.08 Å². The van der Waals surface area contributed by atoms with E-state index in [4.69, 9.17) is 4.84 Å². The summed E-state index contributed by atoms with van der Waals surface area (Å²) in [5.74, 6) is 0. The van der Waals surface area contributed by atoms with Gasteiger partial charge in [0.15, 0.2) is 0 Å². The minimum absolute atomic E-state index is 0.192. The van der Waals surface area contributed by atoms with Crippen LogP contribution in [-0.4, -0.2) is 5.54 Å². The van der Waals surface area contributed by atoms with Gasteiger partial charge < -0.3 is 0 Å². The number of benzene rings is 1. The van der Waals surface area contributed by atoms with Crippen molar-refractivity contribution in [2.45, 2.75) is 32.9 Å². The molecule has 0 bridgehead atoms. The predicted molar refractivity (Wildman–Crippen MR) is 69.1 cm³/mol.